The normalized spacial score (nSPS) is 15.7. The zero-order chi connectivity index (χ0) is 21.9. The monoisotopic (exact) mass is 442 g/mol. The summed E-state index contributed by atoms with van der Waals surface area (Å²) in [5, 5.41) is 2.10. The van der Waals surface area contributed by atoms with Crippen LogP contribution in [0.4, 0.5) is 36.2 Å². The van der Waals surface area contributed by atoms with Gasteiger partial charge in [-0.3, -0.25) is 4.79 Å². The molecule has 162 valence electrons. The van der Waals surface area contributed by atoms with E-state index in [2.05, 4.69) is 15.3 Å². The summed E-state index contributed by atoms with van der Waals surface area (Å²) in [6, 6.07) is 4.69. The molecule has 0 aliphatic carbocycles. The Morgan fingerprint density at radius 2 is 1.83 bits per heavy atom. The summed E-state index contributed by atoms with van der Waals surface area (Å²) in [5.41, 5.74) is 11.0. The van der Waals surface area contributed by atoms with Gasteiger partial charge in [0, 0.05) is 19.2 Å². The number of nitrogen functional groups attached to an aromatic ring is 2. The van der Waals surface area contributed by atoms with E-state index in [0.29, 0.717) is 32.0 Å². The smallest absolute Gasteiger partial charge is 0.383 e. The number of anilines is 4. The van der Waals surface area contributed by atoms with Gasteiger partial charge < -0.3 is 26.4 Å². The summed E-state index contributed by atoms with van der Waals surface area (Å²) in [4.78, 5) is 22.6. The average molecular weight is 442 g/mol. The largest absolute Gasteiger partial charge is 0.416 e. The minimum absolute atomic E-state index is 0.0807. The van der Waals surface area contributed by atoms with Crippen LogP contribution in [0.15, 0.2) is 29.4 Å². The van der Waals surface area contributed by atoms with Crippen LogP contribution in [0.3, 0.4) is 0 Å². The van der Waals surface area contributed by atoms with Crippen LogP contribution in [-0.2, 0) is 15.7 Å². The maximum Gasteiger partial charge on any atom is 0.416 e. The summed E-state index contributed by atoms with van der Waals surface area (Å²) < 4.78 is 44.9. The average Bonchev–Trinajstić information content (AvgIpc) is 2.67. The third-order valence-corrected chi connectivity index (χ3v) is 5.29. The molecule has 1 fully saturated rings. The Morgan fingerprint density at radius 3 is 2.43 bits per heavy atom. The molecule has 3 rings (SSSR count). The number of nitrogens with zero attached hydrogens (tertiary/aromatic N) is 3. The standard InChI is InChI=1S/C18H21F3N6O2S/c1-10(30-17-25-14(22)9-15(23)26-17)16(28)24-12-8-11(18(19,20)21)2-3-13(12)27-4-6-29-7-5-27/h2-3,8-10H,4-7H2,1H3,(H,24,28)(H4,22,23,25,26). The lowest BCUT2D eigenvalue weighted by Crippen LogP contribution is -2.37. The second kappa shape index (κ2) is 8.96. The second-order valence-electron chi connectivity index (χ2n) is 6.58. The van der Waals surface area contributed by atoms with Crippen molar-refractivity contribution in [2.75, 3.05) is 48.0 Å². The zero-order valence-corrected chi connectivity index (χ0v) is 16.9. The van der Waals surface area contributed by atoms with E-state index in [4.69, 9.17) is 16.2 Å². The Balaban J connectivity index is 1.82. The molecule has 30 heavy (non-hydrogen) atoms. The zero-order valence-electron chi connectivity index (χ0n) is 16.1. The highest BCUT2D eigenvalue weighted by molar-refractivity contribution is 8.00. The van der Waals surface area contributed by atoms with Crippen molar-refractivity contribution < 1.29 is 22.7 Å². The van der Waals surface area contributed by atoms with E-state index in [9.17, 15) is 18.0 Å². The molecule has 1 aromatic heterocycles. The van der Waals surface area contributed by atoms with Crippen LogP contribution in [0.25, 0.3) is 0 Å². The van der Waals surface area contributed by atoms with Crippen molar-refractivity contribution in [3.8, 4) is 0 Å². The number of thioether (sulfide) groups is 1. The number of hydrogen-bond donors (Lipinski definition) is 3. The van der Waals surface area contributed by atoms with Crippen LogP contribution < -0.4 is 21.7 Å². The Hall–Kier alpha value is -2.73. The molecule has 1 aliphatic rings. The van der Waals surface area contributed by atoms with Gasteiger partial charge in [-0.05, 0) is 25.1 Å². The van der Waals surface area contributed by atoms with Crippen molar-refractivity contribution in [2.45, 2.75) is 23.5 Å². The van der Waals surface area contributed by atoms with E-state index in [1.807, 2.05) is 4.90 Å². The van der Waals surface area contributed by atoms with Gasteiger partial charge in [-0.15, -0.1) is 0 Å². The quantitative estimate of drug-likeness (QED) is 0.478. The van der Waals surface area contributed by atoms with Crippen molar-refractivity contribution in [2.24, 2.45) is 0 Å². The number of rotatable bonds is 5. The molecule has 5 N–H and O–H groups in total. The fourth-order valence-electron chi connectivity index (χ4n) is 2.85. The van der Waals surface area contributed by atoms with Crippen LogP contribution in [-0.4, -0.2) is 47.4 Å². The predicted octanol–water partition coefficient (Wildman–Crippen LogP) is 2.62. The number of aromatic nitrogens is 2. The van der Waals surface area contributed by atoms with Crippen LogP contribution in [0.5, 0.6) is 0 Å². The lowest BCUT2D eigenvalue weighted by molar-refractivity contribution is -0.137. The van der Waals surface area contributed by atoms with Crippen LogP contribution >= 0.6 is 11.8 Å². The Labute approximate surface area is 175 Å². The molecule has 1 atom stereocenters. The molecule has 0 radical (unpaired) electrons. The third-order valence-electron chi connectivity index (χ3n) is 4.33. The number of amides is 1. The first kappa shape index (κ1) is 22.0. The number of hydrogen-bond acceptors (Lipinski definition) is 8. The number of ether oxygens (including phenoxy) is 1. The summed E-state index contributed by atoms with van der Waals surface area (Å²) in [5.74, 6) is -0.186. The van der Waals surface area contributed by atoms with Gasteiger partial charge in [0.1, 0.15) is 11.6 Å². The van der Waals surface area contributed by atoms with Gasteiger partial charge in [0.2, 0.25) is 5.91 Å². The molecular formula is C18H21F3N6O2S. The molecule has 0 bridgehead atoms. The predicted molar refractivity (Wildman–Crippen MR) is 109 cm³/mol. The number of nitrogens with two attached hydrogens (primary N) is 2. The number of benzene rings is 1. The molecular weight excluding hydrogens is 421 g/mol. The fraction of sp³-hybridized carbons (Fsp3) is 0.389. The molecule has 8 nitrogen and oxygen atoms in total. The summed E-state index contributed by atoms with van der Waals surface area (Å²) in [7, 11) is 0. The molecule has 1 amide bonds. The summed E-state index contributed by atoms with van der Waals surface area (Å²) in [6.07, 6.45) is -4.53. The molecule has 0 saturated carbocycles. The van der Waals surface area contributed by atoms with Gasteiger partial charge in [-0.1, -0.05) is 11.8 Å². The van der Waals surface area contributed by atoms with Crippen LogP contribution in [0.1, 0.15) is 12.5 Å². The fourth-order valence-corrected chi connectivity index (χ4v) is 3.65. The van der Waals surface area contributed by atoms with Gasteiger partial charge in [-0.25, -0.2) is 9.97 Å². The van der Waals surface area contributed by atoms with E-state index in [1.165, 1.54) is 12.1 Å². The van der Waals surface area contributed by atoms with Gasteiger partial charge in [0.05, 0.1) is 35.4 Å². The van der Waals surface area contributed by atoms with Crippen molar-refractivity contribution in [3.63, 3.8) is 0 Å². The number of halogens is 3. The maximum atomic E-state index is 13.2. The number of nitrogens with one attached hydrogen (secondary N) is 1. The minimum Gasteiger partial charge on any atom is -0.383 e. The highest BCUT2D eigenvalue weighted by Crippen LogP contribution is 2.36. The molecule has 0 spiro atoms. The van der Waals surface area contributed by atoms with E-state index in [-0.39, 0.29) is 22.5 Å². The molecule has 2 heterocycles. The number of alkyl halides is 3. The van der Waals surface area contributed by atoms with Crippen LogP contribution in [0.2, 0.25) is 0 Å². The molecule has 1 unspecified atom stereocenters. The Kier molecular flexibility index (Phi) is 6.56. The minimum atomic E-state index is -4.53. The Morgan fingerprint density at radius 1 is 1.20 bits per heavy atom. The second-order valence-corrected chi connectivity index (χ2v) is 7.89. The molecule has 2 aromatic rings. The molecule has 1 aromatic carbocycles. The highest BCUT2D eigenvalue weighted by Gasteiger charge is 2.32. The van der Waals surface area contributed by atoms with Gasteiger partial charge in [-0.2, -0.15) is 13.2 Å². The first-order valence-corrected chi connectivity index (χ1v) is 9.93. The van der Waals surface area contributed by atoms with E-state index < -0.39 is 22.9 Å². The van der Waals surface area contributed by atoms with Crippen molar-refractivity contribution in [1.82, 2.24) is 9.97 Å². The topological polar surface area (TPSA) is 119 Å². The lowest BCUT2D eigenvalue weighted by Gasteiger charge is -2.31. The molecule has 12 heteroatoms. The lowest BCUT2D eigenvalue weighted by atomic mass is 10.1. The first-order chi connectivity index (χ1) is 14.1. The summed E-state index contributed by atoms with van der Waals surface area (Å²) in [6.45, 7) is 3.51. The first-order valence-electron chi connectivity index (χ1n) is 9.05. The Bertz CT molecular complexity index is 901. The van der Waals surface area contributed by atoms with Crippen molar-refractivity contribution in [3.05, 3.63) is 29.8 Å². The van der Waals surface area contributed by atoms with Crippen molar-refractivity contribution >= 4 is 40.7 Å². The summed E-state index contributed by atoms with van der Waals surface area (Å²) >= 11 is 1.00. The van der Waals surface area contributed by atoms with Gasteiger partial charge in [0.25, 0.3) is 0 Å². The van der Waals surface area contributed by atoms with Gasteiger partial charge >= 0.3 is 6.18 Å². The SMILES string of the molecule is CC(Sc1nc(N)cc(N)n1)C(=O)Nc1cc(C(F)(F)F)ccc1N1CCOCC1. The van der Waals surface area contributed by atoms with Crippen molar-refractivity contribution in [1.29, 1.82) is 0 Å². The van der Waals surface area contributed by atoms with E-state index in [1.54, 1.807) is 6.92 Å². The van der Waals surface area contributed by atoms with E-state index in [0.717, 1.165) is 23.9 Å². The molecule has 1 aliphatic heterocycles. The maximum absolute atomic E-state index is 13.2. The number of carbonyl (C=O) groups excluding carboxylic acids is 1. The third kappa shape index (κ3) is 5.45. The number of carbonyl (C=O) groups is 1. The highest BCUT2D eigenvalue weighted by atomic mass is 32.2. The van der Waals surface area contributed by atoms with Gasteiger partial charge in [0.15, 0.2) is 5.16 Å². The van der Waals surface area contributed by atoms with Crippen LogP contribution in [0, 0.1) is 0 Å². The van der Waals surface area contributed by atoms with E-state index >= 15 is 0 Å². The number of morpholine rings is 1. The molecule has 1 saturated heterocycles.